The summed E-state index contributed by atoms with van der Waals surface area (Å²) in [5.74, 6) is 0.416. The van der Waals surface area contributed by atoms with Crippen molar-refractivity contribution in [3.63, 3.8) is 0 Å². The molecule has 0 atom stereocenters. The van der Waals surface area contributed by atoms with Crippen molar-refractivity contribution in [3.05, 3.63) is 58.1 Å². The van der Waals surface area contributed by atoms with Gasteiger partial charge in [-0.2, -0.15) is 4.31 Å². The molecule has 1 aliphatic heterocycles. The Bertz CT molecular complexity index is 1050. The number of halogens is 2. The lowest BCUT2D eigenvalue weighted by Gasteiger charge is -2.35. The van der Waals surface area contributed by atoms with Gasteiger partial charge in [0.15, 0.2) is 0 Å². The van der Waals surface area contributed by atoms with Crippen molar-refractivity contribution >= 4 is 39.1 Å². The number of nitrogens with zero attached hydrogens (tertiary/aromatic N) is 2. The molecule has 0 unspecified atom stereocenters. The van der Waals surface area contributed by atoms with Crippen molar-refractivity contribution in [2.75, 3.05) is 20.2 Å². The molecule has 9 heteroatoms. The molecular formula is C23H28Cl2N2O4S. The van der Waals surface area contributed by atoms with Crippen molar-refractivity contribution in [3.8, 4) is 5.75 Å². The van der Waals surface area contributed by atoms with Crippen molar-refractivity contribution in [1.29, 1.82) is 0 Å². The van der Waals surface area contributed by atoms with Gasteiger partial charge in [0.1, 0.15) is 5.75 Å². The molecule has 174 valence electrons. The van der Waals surface area contributed by atoms with Gasteiger partial charge in [-0.3, -0.25) is 4.79 Å². The van der Waals surface area contributed by atoms with E-state index in [9.17, 15) is 13.2 Å². The summed E-state index contributed by atoms with van der Waals surface area (Å²) in [5, 5.41) is 0.931. The molecule has 1 aliphatic rings. The maximum atomic E-state index is 13.3. The van der Waals surface area contributed by atoms with Crippen LogP contribution >= 0.6 is 23.2 Å². The summed E-state index contributed by atoms with van der Waals surface area (Å²) in [7, 11) is -2.07. The first-order chi connectivity index (χ1) is 15.1. The zero-order chi connectivity index (χ0) is 23.5. The first-order valence-electron chi connectivity index (χ1n) is 10.5. The van der Waals surface area contributed by atoms with Gasteiger partial charge in [0.2, 0.25) is 15.9 Å². The number of carbonyl (C=O) groups excluding carboxylic acids is 1. The molecule has 0 aliphatic carbocycles. The second-order valence-corrected chi connectivity index (χ2v) is 10.9. The summed E-state index contributed by atoms with van der Waals surface area (Å²) in [6.07, 6.45) is 0.970. The largest absolute Gasteiger partial charge is 0.497 e. The van der Waals surface area contributed by atoms with E-state index >= 15 is 0 Å². The number of sulfonamides is 1. The first kappa shape index (κ1) is 24.8. The predicted octanol–water partition coefficient (Wildman–Crippen LogP) is 4.84. The average Bonchev–Trinajstić information content (AvgIpc) is 2.79. The first-order valence-corrected chi connectivity index (χ1v) is 12.7. The fraction of sp³-hybridized carbons (Fsp3) is 0.435. The Hall–Kier alpha value is -1.80. The van der Waals surface area contributed by atoms with E-state index < -0.39 is 10.0 Å². The van der Waals surface area contributed by atoms with Crippen LogP contribution in [0.3, 0.4) is 0 Å². The average molecular weight is 499 g/mol. The summed E-state index contributed by atoms with van der Waals surface area (Å²) in [6, 6.07) is 11.7. The van der Waals surface area contributed by atoms with Crippen LogP contribution in [0.4, 0.5) is 0 Å². The molecule has 2 aromatic rings. The fourth-order valence-electron chi connectivity index (χ4n) is 3.82. The van der Waals surface area contributed by atoms with Crippen LogP contribution in [0.15, 0.2) is 47.4 Å². The topological polar surface area (TPSA) is 66.9 Å². The molecule has 1 fully saturated rings. The minimum atomic E-state index is -3.60. The number of ether oxygens (including phenoxy) is 1. The van der Waals surface area contributed by atoms with Gasteiger partial charge in [-0.05, 0) is 68.7 Å². The zero-order valence-corrected chi connectivity index (χ0v) is 20.8. The smallest absolute Gasteiger partial charge is 0.243 e. The van der Waals surface area contributed by atoms with Gasteiger partial charge in [0, 0.05) is 31.6 Å². The van der Waals surface area contributed by atoms with E-state index in [1.807, 2.05) is 24.8 Å². The number of benzene rings is 2. The number of hydrogen-bond donors (Lipinski definition) is 0. The third kappa shape index (κ3) is 5.57. The summed E-state index contributed by atoms with van der Waals surface area (Å²) in [5.41, 5.74) is 0.904. The standard InChI is InChI=1S/C23H28Cl2N2O4S/c1-16(2)27(15-17-4-9-21(24)22(25)14-17)23(28)18-10-12-26(13-11-18)32(29,30)20-7-5-19(31-3)6-8-20/h4-9,14,16,18H,10-13,15H2,1-3H3. The Balaban J connectivity index is 1.66. The van der Waals surface area contributed by atoms with Gasteiger partial charge >= 0.3 is 0 Å². The molecular weight excluding hydrogens is 471 g/mol. The van der Waals surface area contributed by atoms with E-state index in [-0.39, 0.29) is 22.8 Å². The summed E-state index contributed by atoms with van der Waals surface area (Å²) < 4.78 is 32.5. The Morgan fingerprint density at radius 3 is 2.25 bits per heavy atom. The van der Waals surface area contributed by atoms with Crippen LogP contribution in [0.5, 0.6) is 5.75 Å². The second-order valence-electron chi connectivity index (χ2n) is 8.16. The van der Waals surface area contributed by atoms with E-state index in [1.54, 1.807) is 36.4 Å². The van der Waals surface area contributed by atoms with Crippen LogP contribution in [0.2, 0.25) is 10.0 Å². The van der Waals surface area contributed by atoms with E-state index in [1.165, 1.54) is 11.4 Å². The van der Waals surface area contributed by atoms with E-state index in [4.69, 9.17) is 27.9 Å². The minimum absolute atomic E-state index is 0.00184. The number of methoxy groups -OCH3 is 1. The molecule has 0 bridgehead atoms. The molecule has 0 saturated carbocycles. The molecule has 1 amide bonds. The highest BCUT2D eigenvalue weighted by atomic mass is 35.5. The molecule has 3 rings (SSSR count). The van der Waals surface area contributed by atoms with Gasteiger partial charge in [0.25, 0.3) is 0 Å². The van der Waals surface area contributed by atoms with Crippen LogP contribution in [0.1, 0.15) is 32.3 Å². The van der Waals surface area contributed by atoms with E-state index in [2.05, 4.69) is 0 Å². The normalized spacial score (nSPS) is 15.7. The fourth-order valence-corrected chi connectivity index (χ4v) is 5.61. The van der Waals surface area contributed by atoms with Crippen LogP contribution < -0.4 is 4.74 Å². The Morgan fingerprint density at radius 1 is 1.09 bits per heavy atom. The predicted molar refractivity (Wildman–Crippen MR) is 127 cm³/mol. The van der Waals surface area contributed by atoms with E-state index in [0.29, 0.717) is 48.3 Å². The third-order valence-corrected chi connectivity index (χ3v) is 8.40. The molecule has 0 radical (unpaired) electrons. The third-order valence-electron chi connectivity index (χ3n) is 5.74. The summed E-state index contributed by atoms with van der Waals surface area (Å²) in [6.45, 7) is 4.99. The quantitative estimate of drug-likeness (QED) is 0.547. The monoisotopic (exact) mass is 498 g/mol. The molecule has 32 heavy (non-hydrogen) atoms. The number of rotatable bonds is 7. The van der Waals surface area contributed by atoms with Crippen LogP contribution in [-0.4, -0.2) is 49.8 Å². The van der Waals surface area contributed by atoms with Gasteiger partial charge in [-0.1, -0.05) is 29.3 Å². The molecule has 2 aromatic carbocycles. The van der Waals surface area contributed by atoms with E-state index in [0.717, 1.165) is 5.56 Å². The lowest BCUT2D eigenvalue weighted by Crippen LogP contribution is -2.46. The van der Waals surface area contributed by atoms with Gasteiger partial charge in [-0.15, -0.1) is 0 Å². The second kappa shape index (κ2) is 10.4. The Morgan fingerprint density at radius 2 is 1.72 bits per heavy atom. The molecule has 0 N–H and O–H groups in total. The number of hydrogen-bond acceptors (Lipinski definition) is 4. The highest BCUT2D eigenvalue weighted by molar-refractivity contribution is 7.89. The highest BCUT2D eigenvalue weighted by Crippen LogP contribution is 2.28. The Labute approximate surface area is 200 Å². The lowest BCUT2D eigenvalue weighted by atomic mass is 9.95. The highest BCUT2D eigenvalue weighted by Gasteiger charge is 2.34. The van der Waals surface area contributed by atoms with Crippen molar-refractivity contribution in [2.24, 2.45) is 5.92 Å². The van der Waals surface area contributed by atoms with Crippen molar-refractivity contribution in [1.82, 2.24) is 9.21 Å². The minimum Gasteiger partial charge on any atom is -0.497 e. The van der Waals surface area contributed by atoms with Gasteiger partial charge in [-0.25, -0.2) is 8.42 Å². The summed E-state index contributed by atoms with van der Waals surface area (Å²) in [4.78, 5) is 15.3. The van der Waals surface area contributed by atoms with Crippen molar-refractivity contribution < 1.29 is 17.9 Å². The maximum Gasteiger partial charge on any atom is 0.243 e. The summed E-state index contributed by atoms with van der Waals surface area (Å²) >= 11 is 12.1. The molecule has 0 spiro atoms. The van der Waals surface area contributed by atoms with Crippen LogP contribution in [0.25, 0.3) is 0 Å². The van der Waals surface area contributed by atoms with Gasteiger partial charge < -0.3 is 9.64 Å². The lowest BCUT2D eigenvalue weighted by molar-refractivity contribution is -0.139. The number of carbonyl (C=O) groups is 1. The Kier molecular flexibility index (Phi) is 8.09. The SMILES string of the molecule is COc1ccc(S(=O)(=O)N2CCC(C(=O)N(Cc3ccc(Cl)c(Cl)c3)C(C)C)CC2)cc1. The molecule has 6 nitrogen and oxygen atoms in total. The molecule has 1 heterocycles. The van der Waals surface area contributed by atoms with Crippen molar-refractivity contribution in [2.45, 2.75) is 44.2 Å². The molecule has 0 aromatic heterocycles. The van der Waals surface area contributed by atoms with Crippen LogP contribution in [-0.2, 0) is 21.4 Å². The number of amides is 1. The van der Waals surface area contributed by atoms with Crippen LogP contribution in [0, 0.1) is 5.92 Å². The number of piperidine rings is 1. The molecule has 1 saturated heterocycles. The maximum absolute atomic E-state index is 13.3. The van der Waals surface area contributed by atoms with Gasteiger partial charge in [0.05, 0.1) is 22.1 Å². The zero-order valence-electron chi connectivity index (χ0n) is 18.4.